The summed E-state index contributed by atoms with van der Waals surface area (Å²) in [6, 6.07) is 0.0370. The molecule has 1 rings (SSSR count). The van der Waals surface area contributed by atoms with Crippen molar-refractivity contribution in [1.82, 2.24) is 9.97 Å². The van der Waals surface area contributed by atoms with Gasteiger partial charge in [0.05, 0.1) is 25.6 Å². The van der Waals surface area contributed by atoms with Crippen molar-refractivity contribution < 1.29 is 9.47 Å². The molecule has 6 nitrogen and oxygen atoms in total. The highest BCUT2D eigenvalue weighted by Gasteiger charge is 2.02. The van der Waals surface area contributed by atoms with Crippen LogP contribution in [-0.2, 0) is 4.74 Å². The molecule has 102 valence electrons. The normalized spacial score (nSPS) is 12.2. The fourth-order valence-corrected chi connectivity index (χ4v) is 1.39. The minimum atomic E-state index is 0.0370. The highest BCUT2D eigenvalue weighted by molar-refractivity contribution is 5.33. The number of nitrogens with two attached hydrogens (primary N) is 1. The van der Waals surface area contributed by atoms with E-state index in [9.17, 15) is 0 Å². The van der Waals surface area contributed by atoms with Crippen LogP contribution < -0.4 is 15.8 Å². The number of anilines is 1. The highest BCUT2D eigenvalue weighted by atomic mass is 16.5. The van der Waals surface area contributed by atoms with Crippen molar-refractivity contribution in [2.45, 2.75) is 25.8 Å². The fraction of sp³-hybridized carbons (Fsp3) is 0.667. The highest BCUT2D eigenvalue weighted by Crippen LogP contribution is 2.09. The van der Waals surface area contributed by atoms with Crippen LogP contribution in [0, 0.1) is 0 Å². The molecule has 0 amide bonds. The number of hydrogen-bond acceptors (Lipinski definition) is 6. The van der Waals surface area contributed by atoms with Crippen molar-refractivity contribution in [3.05, 3.63) is 12.4 Å². The van der Waals surface area contributed by atoms with Crippen LogP contribution >= 0.6 is 0 Å². The Morgan fingerprint density at radius 2 is 2.28 bits per heavy atom. The number of aromatic nitrogens is 2. The van der Waals surface area contributed by atoms with Crippen LogP contribution in [0.4, 0.5) is 5.82 Å². The third-order valence-electron chi connectivity index (χ3n) is 2.27. The summed E-state index contributed by atoms with van der Waals surface area (Å²) in [6.07, 6.45) is 5.04. The first-order valence-electron chi connectivity index (χ1n) is 6.19. The zero-order valence-electron chi connectivity index (χ0n) is 11.1. The van der Waals surface area contributed by atoms with Crippen molar-refractivity contribution >= 4 is 5.82 Å². The summed E-state index contributed by atoms with van der Waals surface area (Å²) in [6.45, 7) is 3.99. The second kappa shape index (κ2) is 8.66. The van der Waals surface area contributed by atoms with Crippen LogP contribution in [0.1, 0.15) is 19.8 Å². The first kappa shape index (κ1) is 14.7. The van der Waals surface area contributed by atoms with Crippen molar-refractivity contribution in [3.8, 4) is 5.88 Å². The van der Waals surface area contributed by atoms with Gasteiger partial charge in [0.15, 0.2) is 0 Å². The predicted molar refractivity (Wildman–Crippen MR) is 70.8 cm³/mol. The number of nitrogens with zero attached hydrogens (tertiary/aromatic N) is 2. The molecule has 0 saturated carbocycles. The molecule has 6 heteroatoms. The molecular formula is C12H22N4O2. The minimum Gasteiger partial charge on any atom is -0.477 e. The van der Waals surface area contributed by atoms with Crippen LogP contribution in [-0.4, -0.2) is 42.9 Å². The van der Waals surface area contributed by atoms with Gasteiger partial charge in [-0.1, -0.05) is 6.92 Å². The molecule has 1 aromatic heterocycles. The monoisotopic (exact) mass is 254 g/mol. The Hall–Kier alpha value is -1.40. The van der Waals surface area contributed by atoms with E-state index in [4.69, 9.17) is 15.2 Å². The molecule has 3 N–H and O–H groups in total. The molecule has 0 bridgehead atoms. The molecule has 1 aromatic rings. The van der Waals surface area contributed by atoms with Gasteiger partial charge in [-0.25, -0.2) is 0 Å². The molecule has 0 aromatic carbocycles. The van der Waals surface area contributed by atoms with Gasteiger partial charge in [0, 0.05) is 19.7 Å². The summed E-state index contributed by atoms with van der Waals surface area (Å²) < 4.78 is 10.4. The summed E-state index contributed by atoms with van der Waals surface area (Å²) in [5, 5.41) is 3.16. The minimum absolute atomic E-state index is 0.0370. The lowest BCUT2D eigenvalue weighted by Gasteiger charge is -2.11. The first-order valence-corrected chi connectivity index (χ1v) is 6.19. The van der Waals surface area contributed by atoms with Gasteiger partial charge in [-0.3, -0.25) is 4.98 Å². The standard InChI is InChI=1S/C12H22N4O2/c1-3-6-18-12-8-14-7-11(16-12)15-5-4-10(13)9-17-2/h7-8,10H,3-6,9,13H2,1-2H3,(H,15,16). The lowest BCUT2D eigenvalue weighted by Crippen LogP contribution is -2.28. The summed E-state index contributed by atoms with van der Waals surface area (Å²) in [4.78, 5) is 8.35. The third-order valence-corrected chi connectivity index (χ3v) is 2.27. The lowest BCUT2D eigenvalue weighted by molar-refractivity contribution is 0.178. The van der Waals surface area contributed by atoms with Crippen molar-refractivity contribution in [1.29, 1.82) is 0 Å². The number of methoxy groups -OCH3 is 1. The SMILES string of the molecule is CCCOc1cncc(NCCC(N)COC)n1. The van der Waals surface area contributed by atoms with Crippen LogP contribution in [0.25, 0.3) is 0 Å². The van der Waals surface area contributed by atoms with Crippen molar-refractivity contribution in [2.24, 2.45) is 5.73 Å². The van der Waals surface area contributed by atoms with Crippen LogP contribution in [0.2, 0.25) is 0 Å². The molecule has 18 heavy (non-hydrogen) atoms. The zero-order chi connectivity index (χ0) is 13.2. The lowest BCUT2D eigenvalue weighted by atomic mass is 10.2. The van der Waals surface area contributed by atoms with E-state index in [2.05, 4.69) is 15.3 Å². The van der Waals surface area contributed by atoms with Crippen LogP contribution in [0.3, 0.4) is 0 Å². The number of hydrogen-bond donors (Lipinski definition) is 2. The molecule has 1 unspecified atom stereocenters. The molecule has 0 saturated heterocycles. The van der Waals surface area contributed by atoms with Gasteiger partial charge in [0.1, 0.15) is 5.82 Å². The smallest absolute Gasteiger partial charge is 0.234 e. The van der Waals surface area contributed by atoms with Gasteiger partial charge in [-0.15, -0.1) is 0 Å². The van der Waals surface area contributed by atoms with Gasteiger partial charge in [-0.05, 0) is 12.8 Å². The summed E-state index contributed by atoms with van der Waals surface area (Å²) in [7, 11) is 1.65. The van der Waals surface area contributed by atoms with E-state index in [-0.39, 0.29) is 6.04 Å². The molecule has 1 atom stereocenters. The molecule has 0 aliphatic heterocycles. The maximum absolute atomic E-state index is 5.82. The summed E-state index contributed by atoms with van der Waals surface area (Å²) in [5.41, 5.74) is 5.82. The van der Waals surface area contributed by atoms with Crippen molar-refractivity contribution in [2.75, 3.05) is 32.2 Å². The Kier molecular flexibility index (Phi) is 7.05. The number of ether oxygens (including phenoxy) is 2. The Bertz CT molecular complexity index is 336. The molecule has 0 fully saturated rings. The van der Waals surface area contributed by atoms with Crippen LogP contribution in [0.15, 0.2) is 12.4 Å². The summed E-state index contributed by atoms with van der Waals surface area (Å²) in [5.74, 6) is 1.25. The molecule has 0 aliphatic carbocycles. The molecule has 0 spiro atoms. The third kappa shape index (κ3) is 5.79. The average Bonchev–Trinajstić information content (AvgIpc) is 2.37. The number of nitrogens with one attached hydrogen (secondary N) is 1. The van der Waals surface area contributed by atoms with E-state index in [0.717, 1.165) is 19.4 Å². The fourth-order valence-electron chi connectivity index (χ4n) is 1.39. The quantitative estimate of drug-likeness (QED) is 0.685. The van der Waals surface area contributed by atoms with E-state index in [1.807, 2.05) is 6.92 Å². The topological polar surface area (TPSA) is 82.3 Å². The largest absolute Gasteiger partial charge is 0.477 e. The Morgan fingerprint density at radius 3 is 3.00 bits per heavy atom. The zero-order valence-corrected chi connectivity index (χ0v) is 11.1. The molecule has 1 heterocycles. The van der Waals surface area contributed by atoms with Gasteiger partial charge < -0.3 is 20.5 Å². The summed E-state index contributed by atoms with van der Waals surface area (Å²) >= 11 is 0. The maximum atomic E-state index is 5.82. The Morgan fingerprint density at radius 1 is 1.44 bits per heavy atom. The second-order valence-corrected chi connectivity index (χ2v) is 4.02. The Balaban J connectivity index is 2.33. The van der Waals surface area contributed by atoms with Crippen molar-refractivity contribution in [3.63, 3.8) is 0 Å². The van der Waals surface area contributed by atoms with Gasteiger partial charge in [0.2, 0.25) is 5.88 Å². The first-order chi connectivity index (χ1) is 8.76. The van der Waals surface area contributed by atoms with E-state index in [1.165, 1.54) is 0 Å². The maximum Gasteiger partial charge on any atom is 0.234 e. The van der Waals surface area contributed by atoms with E-state index < -0.39 is 0 Å². The van der Waals surface area contributed by atoms with Gasteiger partial charge in [-0.2, -0.15) is 4.98 Å². The van der Waals surface area contributed by atoms with E-state index >= 15 is 0 Å². The van der Waals surface area contributed by atoms with Gasteiger partial charge in [0.25, 0.3) is 0 Å². The molecular weight excluding hydrogens is 232 g/mol. The average molecular weight is 254 g/mol. The Labute approximate surface area is 108 Å². The van der Waals surface area contributed by atoms with E-state index in [1.54, 1.807) is 19.5 Å². The second-order valence-electron chi connectivity index (χ2n) is 4.02. The van der Waals surface area contributed by atoms with E-state index in [0.29, 0.717) is 24.9 Å². The van der Waals surface area contributed by atoms with Crippen LogP contribution in [0.5, 0.6) is 5.88 Å². The number of rotatable bonds is 9. The van der Waals surface area contributed by atoms with Gasteiger partial charge >= 0.3 is 0 Å². The molecule has 0 radical (unpaired) electrons. The molecule has 0 aliphatic rings. The predicted octanol–water partition coefficient (Wildman–Crippen LogP) is 1.04.